The highest BCUT2D eigenvalue weighted by Gasteiger charge is 2.20. The van der Waals surface area contributed by atoms with Crippen molar-refractivity contribution in [3.8, 4) is 16.5 Å². The molecule has 0 spiro atoms. The molecule has 4 heterocycles. The second kappa shape index (κ2) is 6.07. The molecule has 10 heteroatoms. The van der Waals surface area contributed by atoms with Gasteiger partial charge in [-0.25, -0.2) is 9.78 Å². The molecule has 0 atom stereocenters. The molecule has 8 nitrogen and oxygen atoms in total. The highest BCUT2D eigenvalue weighted by Crippen LogP contribution is 2.29. The van der Waals surface area contributed by atoms with Crippen LogP contribution >= 0.6 is 22.9 Å². The van der Waals surface area contributed by atoms with E-state index in [2.05, 4.69) is 15.1 Å². The minimum atomic E-state index is -0.485. The van der Waals surface area contributed by atoms with Gasteiger partial charge in [-0.05, 0) is 31.1 Å². The highest BCUT2D eigenvalue weighted by molar-refractivity contribution is 7.19. The Balaban J connectivity index is 1.79. The lowest BCUT2D eigenvalue weighted by Gasteiger charge is -2.00. The molecule has 4 aromatic rings. The Hall–Kier alpha value is -2.91. The molecule has 136 valence electrons. The number of nitrogens with one attached hydrogen (secondary N) is 2. The quantitative estimate of drug-likeness (QED) is 0.483. The molecule has 0 aromatic carbocycles. The molecule has 1 fully saturated rings. The zero-order valence-electron chi connectivity index (χ0n) is 13.8. The summed E-state index contributed by atoms with van der Waals surface area (Å²) >= 11 is 7.52. The fraction of sp³-hybridized carbons (Fsp3) is 0.176. The van der Waals surface area contributed by atoms with Crippen molar-refractivity contribution in [1.29, 1.82) is 0 Å². The predicted molar refractivity (Wildman–Crippen MR) is 102 cm³/mol. The summed E-state index contributed by atoms with van der Waals surface area (Å²) in [5.74, 6) is -0.233. The molecular formula is C17H13ClN6O2S. The van der Waals surface area contributed by atoms with Gasteiger partial charge in [0.05, 0.1) is 27.1 Å². The first kappa shape index (κ1) is 16.3. The van der Waals surface area contributed by atoms with Crippen molar-refractivity contribution in [2.45, 2.75) is 18.9 Å². The number of fused-ring (bicyclic) bond motifs is 1. The molecule has 0 saturated heterocycles. The number of hydrogen-bond acceptors (Lipinski definition) is 6. The average molecular weight is 401 g/mol. The number of nitrogens with zero attached hydrogens (tertiary/aromatic N) is 4. The molecule has 0 bridgehead atoms. The zero-order valence-corrected chi connectivity index (χ0v) is 15.4. The maximum absolute atomic E-state index is 11.4. The third-order valence-electron chi connectivity index (χ3n) is 4.20. The van der Waals surface area contributed by atoms with E-state index in [1.807, 2.05) is 18.2 Å². The van der Waals surface area contributed by atoms with Gasteiger partial charge >= 0.3 is 5.69 Å². The van der Waals surface area contributed by atoms with Crippen molar-refractivity contribution in [3.63, 3.8) is 0 Å². The normalized spacial score (nSPS) is 15.9. The fourth-order valence-electron chi connectivity index (χ4n) is 2.77. The molecule has 4 aromatic heterocycles. The summed E-state index contributed by atoms with van der Waals surface area (Å²) in [5.41, 5.74) is 1.83. The molecule has 27 heavy (non-hydrogen) atoms. The molecule has 1 aliphatic rings. The predicted octanol–water partition coefficient (Wildman–Crippen LogP) is 1.44. The number of aromatic amines is 2. The zero-order chi connectivity index (χ0) is 18.5. The lowest BCUT2D eigenvalue weighted by Crippen LogP contribution is -2.19. The van der Waals surface area contributed by atoms with Gasteiger partial charge in [-0.15, -0.1) is 11.3 Å². The van der Waals surface area contributed by atoms with Gasteiger partial charge in [0.25, 0.3) is 0 Å². The Labute approximate surface area is 160 Å². The Morgan fingerprint density at radius 1 is 1.37 bits per heavy atom. The smallest absolute Gasteiger partial charge is 0.326 e. The van der Waals surface area contributed by atoms with Crippen LogP contribution in [0.2, 0.25) is 4.34 Å². The van der Waals surface area contributed by atoms with E-state index in [0.717, 1.165) is 23.4 Å². The molecule has 0 aliphatic heterocycles. The highest BCUT2D eigenvalue weighted by atomic mass is 35.5. The van der Waals surface area contributed by atoms with Crippen molar-refractivity contribution in [1.82, 2.24) is 24.6 Å². The van der Waals surface area contributed by atoms with E-state index in [1.54, 1.807) is 16.8 Å². The summed E-state index contributed by atoms with van der Waals surface area (Å²) in [4.78, 5) is 26.6. The van der Waals surface area contributed by atoms with Crippen molar-refractivity contribution < 1.29 is 5.11 Å². The second-order valence-electron chi connectivity index (χ2n) is 6.28. The van der Waals surface area contributed by atoms with Gasteiger partial charge in [0.15, 0.2) is 11.1 Å². The van der Waals surface area contributed by atoms with Crippen LogP contribution in [0.4, 0.5) is 0 Å². The van der Waals surface area contributed by atoms with Crippen LogP contribution in [0.1, 0.15) is 18.5 Å². The van der Waals surface area contributed by atoms with Crippen LogP contribution < -0.4 is 16.4 Å². The third-order valence-corrected chi connectivity index (χ3v) is 5.46. The minimum absolute atomic E-state index is 0.233. The number of aromatic nitrogens is 5. The van der Waals surface area contributed by atoms with Gasteiger partial charge in [0.2, 0.25) is 5.88 Å². The number of imidazole rings is 1. The molecule has 5 rings (SSSR count). The number of rotatable bonds is 3. The lowest BCUT2D eigenvalue weighted by atomic mass is 10.3. The maximum Gasteiger partial charge on any atom is 0.326 e. The molecule has 0 unspecified atom stereocenters. The molecule has 1 aliphatic carbocycles. The van der Waals surface area contributed by atoms with Gasteiger partial charge in [0.1, 0.15) is 5.69 Å². The van der Waals surface area contributed by atoms with Crippen molar-refractivity contribution >= 4 is 34.7 Å². The first-order valence-corrected chi connectivity index (χ1v) is 9.47. The second-order valence-corrected chi connectivity index (χ2v) is 8.00. The summed E-state index contributed by atoms with van der Waals surface area (Å²) in [6.45, 7) is 0. The van der Waals surface area contributed by atoms with Gasteiger partial charge in [-0.3, -0.25) is 9.98 Å². The van der Waals surface area contributed by atoms with E-state index in [0.29, 0.717) is 26.7 Å². The summed E-state index contributed by atoms with van der Waals surface area (Å²) in [7, 11) is 0. The minimum Gasteiger partial charge on any atom is -0.493 e. The van der Waals surface area contributed by atoms with E-state index < -0.39 is 5.69 Å². The molecule has 3 N–H and O–H groups in total. The Bertz CT molecular complexity index is 1340. The maximum atomic E-state index is 11.4. The Morgan fingerprint density at radius 2 is 2.22 bits per heavy atom. The molecular weight excluding hydrogens is 388 g/mol. The van der Waals surface area contributed by atoms with Gasteiger partial charge in [-0.2, -0.15) is 9.61 Å². The third kappa shape index (κ3) is 3.04. The van der Waals surface area contributed by atoms with Gasteiger partial charge in [0, 0.05) is 11.3 Å². The van der Waals surface area contributed by atoms with E-state index >= 15 is 0 Å². The molecule has 0 amide bonds. The SMILES string of the molecule is O=c1[nH]c(O)c(/C=c2/cnn3c(=NC4CC4)cc(-c4ccc(Cl)s4)nc23)[nH]1. The number of aromatic hydroxyl groups is 1. The van der Waals surface area contributed by atoms with Crippen LogP contribution in [0.5, 0.6) is 5.88 Å². The molecule has 1 saturated carbocycles. The van der Waals surface area contributed by atoms with E-state index in [4.69, 9.17) is 21.6 Å². The lowest BCUT2D eigenvalue weighted by molar-refractivity contribution is 0.454. The summed E-state index contributed by atoms with van der Waals surface area (Å²) in [6.07, 6.45) is 5.39. The average Bonchev–Trinajstić information content (AvgIpc) is 3.04. The molecule has 0 radical (unpaired) electrons. The monoisotopic (exact) mass is 400 g/mol. The summed E-state index contributed by atoms with van der Waals surface area (Å²) in [5, 5.41) is 14.9. The van der Waals surface area contributed by atoms with E-state index in [-0.39, 0.29) is 11.6 Å². The number of hydrogen-bond donors (Lipinski definition) is 3. The van der Waals surface area contributed by atoms with E-state index in [9.17, 15) is 9.90 Å². The van der Waals surface area contributed by atoms with Gasteiger partial charge in [-0.1, -0.05) is 11.6 Å². The van der Waals surface area contributed by atoms with Gasteiger partial charge < -0.3 is 10.1 Å². The summed E-state index contributed by atoms with van der Waals surface area (Å²) in [6, 6.07) is 5.97. The fourth-order valence-corrected chi connectivity index (χ4v) is 3.78. The van der Waals surface area contributed by atoms with E-state index in [1.165, 1.54) is 11.3 Å². The van der Waals surface area contributed by atoms with Crippen LogP contribution in [0, 0.1) is 0 Å². The van der Waals surface area contributed by atoms with Crippen LogP contribution in [-0.2, 0) is 0 Å². The topological polar surface area (TPSA) is 111 Å². The van der Waals surface area contributed by atoms with Crippen LogP contribution in [0.15, 0.2) is 34.2 Å². The number of halogens is 1. The van der Waals surface area contributed by atoms with Crippen LogP contribution in [-0.4, -0.2) is 35.7 Å². The van der Waals surface area contributed by atoms with Crippen molar-refractivity contribution in [2.75, 3.05) is 0 Å². The van der Waals surface area contributed by atoms with Crippen molar-refractivity contribution in [2.24, 2.45) is 4.99 Å². The Kier molecular flexibility index (Phi) is 3.66. The summed E-state index contributed by atoms with van der Waals surface area (Å²) < 4.78 is 2.35. The first-order valence-electron chi connectivity index (χ1n) is 8.28. The number of H-pyrrole nitrogens is 2. The standard InChI is InChI=1S/C17H13ClN6O2S/c18-13-4-3-12(27-13)10-6-14(20-9-1-2-9)24-15(21-10)8(7-19-24)5-11-16(25)23-17(26)22-11/h3-7,9,25H,1-2H2,(H2,22,23,26)/b8-5-,20-14?. The van der Waals surface area contributed by atoms with Crippen LogP contribution in [0.25, 0.3) is 22.3 Å². The first-order chi connectivity index (χ1) is 13.1. The van der Waals surface area contributed by atoms with Crippen LogP contribution in [0.3, 0.4) is 0 Å². The van der Waals surface area contributed by atoms with Crippen molar-refractivity contribution in [3.05, 3.63) is 55.6 Å². The largest absolute Gasteiger partial charge is 0.493 e. The Morgan fingerprint density at radius 3 is 2.89 bits per heavy atom. The number of thiophene rings is 1.